The normalized spacial score (nSPS) is 13.6. The number of carbonyl (C=O) groups excluding carboxylic acids is 1. The fourth-order valence-corrected chi connectivity index (χ4v) is 3.32. The Morgan fingerprint density at radius 1 is 1.26 bits per heavy atom. The lowest BCUT2D eigenvalue weighted by Crippen LogP contribution is -2.17. The van der Waals surface area contributed by atoms with Gasteiger partial charge in [0.05, 0.1) is 15.2 Å². The van der Waals surface area contributed by atoms with Gasteiger partial charge in [0.15, 0.2) is 0 Å². The summed E-state index contributed by atoms with van der Waals surface area (Å²) in [6.45, 7) is 8.94. The zero-order valence-corrected chi connectivity index (χ0v) is 14.0. The molecular formula is C15H28O3Si. The average Bonchev–Trinajstić information content (AvgIpc) is 2.32. The number of unbranched alkanes of at least 4 members (excludes halogenated alkanes) is 1. The Labute approximate surface area is 118 Å². The Bertz CT molecular complexity index is 338. The molecule has 0 fully saturated rings. The van der Waals surface area contributed by atoms with Gasteiger partial charge in [0, 0.05) is 12.2 Å². The molecule has 0 saturated heterocycles. The minimum atomic E-state index is -1.26. The fraction of sp³-hybridized carbons (Fsp3) is 0.667. The van der Waals surface area contributed by atoms with Crippen LogP contribution in [0.1, 0.15) is 32.6 Å². The van der Waals surface area contributed by atoms with Gasteiger partial charge in [-0.1, -0.05) is 37.0 Å². The van der Waals surface area contributed by atoms with Crippen LogP contribution < -0.4 is 0 Å². The molecule has 0 aromatic carbocycles. The van der Waals surface area contributed by atoms with Crippen molar-refractivity contribution in [2.75, 3.05) is 13.7 Å². The number of ether oxygens (including phenoxy) is 1. The summed E-state index contributed by atoms with van der Waals surface area (Å²) in [6, 6.07) is 0. The summed E-state index contributed by atoms with van der Waals surface area (Å²) in [5.41, 5.74) is 4.42. The smallest absolute Gasteiger partial charge is 0.333 e. The van der Waals surface area contributed by atoms with Crippen LogP contribution in [0.5, 0.6) is 0 Å². The van der Waals surface area contributed by atoms with Crippen molar-refractivity contribution in [2.45, 2.75) is 52.2 Å². The molecule has 0 aliphatic heterocycles. The van der Waals surface area contributed by atoms with E-state index in [1.54, 1.807) is 6.92 Å². The largest absolute Gasteiger partial charge is 0.466 e. The maximum absolute atomic E-state index is 11.3. The lowest BCUT2D eigenvalue weighted by Gasteiger charge is -2.14. The highest BCUT2D eigenvalue weighted by Crippen LogP contribution is 2.18. The second kappa shape index (κ2) is 9.10. The second-order valence-electron chi connectivity index (χ2n) is 5.93. The van der Waals surface area contributed by atoms with Crippen LogP contribution >= 0.6 is 0 Å². The third-order valence-corrected chi connectivity index (χ3v) is 4.00. The molecule has 0 unspecified atom stereocenters. The quantitative estimate of drug-likeness (QED) is 0.321. The number of esters is 1. The number of hydrogen-bond donors (Lipinski definition) is 1. The first-order valence-electron chi connectivity index (χ1n) is 6.86. The van der Waals surface area contributed by atoms with Crippen molar-refractivity contribution in [3.8, 4) is 0 Å². The van der Waals surface area contributed by atoms with Crippen molar-refractivity contribution < 1.29 is 14.6 Å². The van der Waals surface area contributed by atoms with Gasteiger partial charge in [-0.25, -0.2) is 4.79 Å². The van der Waals surface area contributed by atoms with Crippen molar-refractivity contribution in [1.29, 1.82) is 0 Å². The first-order chi connectivity index (χ1) is 8.80. The topological polar surface area (TPSA) is 46.5 Å². The van der Waals surface area contributed by atoms with Gasteiger partial charge < -0.3 is 9.84 Å². The highest BCUT2D eigenvalue weighted by atomic mass is 28.3. The number of hydrogen-bond acceptors (Lipinski definition) is 3. The van der Waals surface area contributed by atoms with Crippen LogP contribution in [0.25, 0.3) is 0 Å². The molecule has 0 bridgehead atoms. The van der Waals surface area contributed by atoms with Gasteiger partial charge in [-0.15, -0.1) is 0 Å². The number of carbonyl (C=O) groups is 1. The van der Waals surface area contributed by atoms with Gasteiger partial charge in [0.1, 0.15) is 0 Å². The Morgan fingerprint density at radius 2 is 1.89 bits per heavy atom. The number of aliphatic hydroxyl groups is 1. The van der Waals surface area contributed by atoms with Gasteiger partial charge >= 0.3 is 5.97 Å². The van der Waals surface area contributed by atoms with Gasteiger partial charge in [0.2, 0.25) is 0 Å². The predicted octanol–water partition coefficient (Wildman–Crippen LogP) is 3.46. The summed E-state index contributed by atoms with van der Waals surface area (Å²) in [4.78, 5) is 11.3. The minimum absolute atomic E-state index is 0.247. The highest BCUT2D eigenvalue weighted by molar-refractivity contribution is 6.81. The molecule has 0 aromatic rings. The maximum atomic E-state index is 11.3. The first kappa shape index (κ1) is 18.1. The van der Waals surface area contributed by atoms with Gasteiger partial charge in [-0.3, -0.25) is 0 Å². The molecule has 4 heteroatoms. The predicted molar refractivity (Wildman–Crippen MR) is 82.8 cm³/mol. The molecule has 0 amide bonds. The molecular weight excluding hydrogens is 256 g/mol. The Hall–Kier alpha value is -0.873. The summed E-state index contributed by atoms with van der Waals surface area (Å²) < 4.78 is 4.69. The molecule has 19 heavy (non-hydrogen) atoms. The SMILES string of the molecule is COC(=O)/C(C)=C/C/C(=C\[Si](C)(C)C)CCCCO. The molecule has 0 atom stereocenters. The Kier molecular flexibility index (Phi) is 8.68. The van der Waals surface area contributed by atoms with E-state index in [2.05, 4.69) is 25.3 Å². The minimum Gasteiger partial charge on any atom is -0.466 e. The summed E-state index contributed by atoms with van der Waals surface area (Å²) in [6.07, 6.45) is 5.57. The number of methoxy groups -OCH3 is 1. The van der Waals surface area contributed by atoms with E-state index in [9.17, 15) is 4.79 Å². The van der Waals surface area contributed by atoms with Crippen molar-refractivity contribution >= 4 is 14.0 Å². The summed E-state index contributed by atoms with van der Waals surface area (Å²) >= 11 is 0. The van der Waals surface area contributed by atoms with Gasteiger partial charge in [0.25, 0.3) is 0 Å². The Balaban J connectivity index is 4.68. The fourth-order valence-electron chi connectivity index (χ4n) is 1.84. The molecule has 0 aliphatic carbocycles. The van der Waals surface area contributed by atoms with Crippen LogP contribution in [-0.2, 0) is 9.53 Å². The lowest BCUT2D eigenvalue weighted by molar-refractivity contribution is -0.136. The van der Waals surface area contributed by atoms with E-state index in [4.69, 9.17) is 9.84 Å². The third kappa shape index (κ3) is 9.67. The van der Waals surface area contributed by atoms with E-state index in [-0.39, 0.29) is 12.6 Å². The lowest BCUT2D eigenvalue weighted by atomic mass is 10.1. The standard InChI is InChI=1S/C15H28O3Si/c1-13(15(17)18-2)9-10-14(8-6-7-11-16)12-19(3,4)5/h9,12,16H,6-8,10-11H2,1-5H3/b13-9+,14-12-. The number of aliphatic hydroxyl groups excluding tert-OH is 1. The maximum Gasteiger partial charge on any atom is 0.333 e. The van der Waals surface area contributed by atoms with Crippen LogP contribution in [0.3, 0.4) is 0 Å². The average molecular weight is 284 g/mol. The summed E-state index contributed by atoms with van der Waals surface area (Å²) in [5.74, 6) is -0.261. The van der Waals surface area contributed by atoms with Gasteiger partial charge in [-0.2, -0.15) is 0 Å². The number of allylic oxidation sites excluding steroid dienone is 2. The molecule has 3 nitrogen and oxygen atoms in total. The third-order valence-electron chi connectivity index (χ3n) is 2.72. The number of rotatable bonds is 8. The monoisotopic (exact) mass is 284 g/mol. The van der Waals surface area contributed by atoms with Crippen molar-refractivity contribution in [3.63, 3.8) is 0 Å². The Morgan fingerprint density at radius 3 is 2.37 bits per heavy atom. The van der Waals surface area contributed by atoms with Crippen LogP contribution in [0.2, 0.25) is 19.6 Å². The van der Waals surface area contributed by atoms with E-state index < -0.39 is 8.07 Å². The molecule has 0 saturated carbocycles. The van der Waals surface area contributed by atoms with Crippen molar-refractivity contribution in [1.82, 2.24) is 0 Å². The highest BCUT2D eigenvalue weighted by Gasteiger charge is 2.11. The van der Waals surface area contributed by atoms with E-state index in [0.29, 0.717) is 5.57 Å². The molecule has 0 aliphatic rings. The molecule has 0 radical (unpaired) electrons. The molecule has 1 N–H and O–H groups in total. The molecule has 110 valence electrons. The first-order valence-corrected chi connectivity index (χ1v) is 10.4. The van der Waals surface area contributed by atoms with Crippen LogP contribution in [0, 0.1) is 0 Å². The molecule has 0 heterocycles. The van der Waals surface area contributed by atoms with Crippen molar-refractivity contribution in [3.05, 3.63) is 22.9 Å². The van der Waals surface area contributed by atoms with E-state index in [1.807, 2.05) is 6.08 Å². The van der Waals surface area contributed by atoms with Crippen LogP contribution in [0.15, 0.2) is 22.9 Å². The van der Waals surface area contributed by atoms with E-state index >= 15 is 0 Å². The van der Waals surface area contributed by atoms with E-state index in [1.165, 1.54) is 12.7 Å². The zero-order chi connectivity index (χ0) is 14.9. The summed E-state index contributed by atoms with van der Waals surface area (Å²) in [7, 11) is 0.145. The van der Waals surface area contributed by atoms with Crippen molar-refractivity contribution in [2.24, 2.45) is 0 Å². The molecule has 0 spiro atoms. The van der Waals surface area contributed by atoms with Crippen LogP contribution in [0.4, 0.5) is 0 Å². The second-order valence-corrected chi connectivity index (χ2v) is 11.0. The summed E-state index contributed by atoms with van der Waals surface area (Å²) in [5, 5.41) is 8.85. The zero-order valence-electron chi connectivity index (χ0n) is 13.0. The van der Waals surface area contributed by atoms with Crippen LogP contribution in [-0.4, -0.2) is 32.9 Å². The van der Waals surface area contributed by atoms with Gasteiger partial charge in [-0.05, 0) is 32.6 Å². The molecule has 0 rings (SSSR count). The molecule has 0 aromatic heterocycles. The van der Waals surface area contributed by atoms with E-state index in [0.717, 1.165) is 25.7 Å².